The molecule has 0 bridgehead atoms. The van der Waals surface area contributed by atoms with Gasteiger partial charge in [-0.25, -0.2) is 0 Å². The summed E-state index contributed by atoms with van der Waals surface area (Å²) in [5.41, 5.74) is 11.3. The lowest BCUT2D eigenvalue weighted by atomic mass is 9.68. The standard InChI is InChI=1S/C29H33N3O3/c1-19-9-11-20(12-10-19)18-35-25-8-6-5-7-21(25)26-22(17-30)28(31)32(13-14-34-4)23-15-29(2,3)16-24(33)27(23)26/h5-12,26H,13-16,18,31H2,1-4H3/t26-/m1/s1. The smallest absolute Gasteiger partial charge is 0.162 e. The quantitative estimate of drug-likeness (QED) is 0.614. The van der Waals surface area contributed by atoms with E-state index < -0.39 is 5.92 Å². The second-order valence-electron chi connectivity index (χ2n) is 10.1. The van der Waals surface area contributed by atoms with Crippen molar-refractivity contribution in [2.24, 2.45) is 11.1 Å². The molecule has 2 aliphatic rings. The normalized spacial score (nSPS) is 19.5. The Labute approximate surface area is 207 Å². The minimum absolute atomic E-state index is 0.0530. The summed E-state index contributed by atoms with van der Waals surface area (Å²) in [4.78, 5) is 15.5. The summed E-state index contributed by atoms with van der Waals surface area (Å²) in [7, 11) is 1.63. The van der Waals surface area contributed by atoms with Crippen LogP contribution in [0.3, 0.4) is 0 Å². The number of nitrogens with two attached hydrogens (primary N) is 1. The molecule has 6 nitrogen and oxygen atoms in total. The molecule has 0 radical (unpaired) electrons. The number of allylic oxidation sites excluding steroid dienone is 3. The second-order valence-corrected chi connectivity index (χ2v) is 10.1. The first-order valence-corrected chi connectivity index (χ1v) is 12.0. The average Bonchev–Trinajstić information content (AvgIpc) is 2.82. The monoisotopic (exact) mass is 471 g/mol. The maximum absolute atomic E-state index is 13.6. The van der Waals surface area contributed by atoms with Crippen LogP contribution in [-0.4, -0.2) is 30.9 Å². The van der Waals surface area contributed by atoms with E-state index in [0.29, 0.717) is 55.3 Å². The molecule has 0 saturated heterocycles. The molecule has 6 heteroatoms. The fourth-order valence-electron chi connectivity index (χ4n) is 5.02. The Morgan fingerprint density at radius 1 is 1.14 bits per heavy atom. The van der Waals surface area contributed by atoms with Gasteiger partial charge < -0.3 is 20.1 Å². The molecule has 182 valence electrons. The van der Waals surface area contributed by atoms with Crippen molar-refractivity contribution in [3.8, 4) is 11.8 Å². The number of carbonyl (C=O) groups excluding carboxylic acids is 1. The maximum Gasteiger partial charge on any atom is 0.162 e. The first kappa shape index (κ1) is 24.6. The van der Waals surface area contributed by atoms with E-state index in [1.54, 1.807) is 7.11 Å². The van der Waals surface area contributed by atoms with Gasteiger partial charge in [0.1, 0.15) is 18.2 Å². The molecule has 35 heavy (non-hydrogen) atoms. The van der Waals surface area contributed by atoms with Gasteiger partial charge in [0.05, 0.1) is 24.2 Å². The van der Waals surface area contributed by atoms with Crippen LogP contribution in [0.1, 0.15) is 49.3 Å². The van der Waals surface area contributed by atoms with Crippen LogP contribution < -0.4 is 10.5 Å². The van der Waals surface area contributed by atoms with Gasteiger partial charge in [-0.2, -0.15) is 5.26 Å². The molecule has 0 fully saturated rings. The number of methoxy groups -OCH3 is 1. The molecular formula is C29H33N3O3. The Morgan fingerprint density at radius 3 is 2.54 bits per heavy atom. The summed E-state index contributed by atoms with van der Waals surface area (Å²) in [6.07, 6.45) is 1.12. The molecule has 0 spiro atoms. The van der Waals surface area contributed by atoms with Crippen LogP contribution in [-0.2, 0) is 16.1 Å². The molecule has 2 aromatic rings. The first-order valence-electron chi connectivity index (χ1n) is 12.0. The van der Waals surface area contributed by atoms with Crippen LogP contribution in [0.25, 0.3) is 0 Å². The lowest BCUT2D eigenvalue weighted by Crippen LogP contribution is -2.43. The first-order chi connectivity index (χ1) is 16.8. The van der Waals surface area contributed by atoms with Gasteiger partial charge in [-0.15, -0.1) is 0 Å². The lowest BCUT2D eigenvalue weighted by molar-refractivity contribution is -0.118. The fraction of sp³-hybridized carbons (Fsp3) is 0.379. The molecule has 1 aliphatic heterocycles. The molecule has 0 saturated carbocycles. The highest BCUT2D eigenvalue weighted by molar-refractivity contribution is 6.00. The number of hydrogen-bond acceptors (Lipinski definition) is 6. The van der Waals surface area contributed by atoms with Gasteiger partial charge in [0, 0.05) is 36.9 Å². The molecule has 2 aromatic carbocycles. The van der Waals surface area contributed by atoms with Crippen molar-refractivity contribution in [3.05, 3.63) is 87.9 Å². The van der Waals surface area contributed by atoms with Crippen molar-refractivity contribution < 1.29 is 14.3 Å². The van der Waals surface area contributed by atoms with Crippen LogP contribution in [0, 0.1) is 23.7 Å². The van der Waals surface area contributed by atoms with Gasteiger partial charge in [0.15, 0.2) is 5.78 Å². The summed E-state index contributed by atoms with van der Waals surface area (Å²) in [5.74, 6) is 0.518. The van der Waals surface area contributed by atoms with E-state index in [9.17, 15) is 10.1 Å². The molecule has 1 aliphatic carbocycles. The Kier molecular flexibility index (Phi) is 7.00. The third-order valence-corrected chi connectivity index (χ3v) is 6.75. The number of nitriles is 1. The van der Waals surface area contributed by atoms with Crippen molar-refractivity contribution in [3.63, 3.8) is 0 Å². The largest absolute Gasteiger partial charge is 0.489 e. The van der Waals surface area contributed by atoms with Crippen LogP contribution in [0.5, 0.6) is 5.75 Å². The lowest BCUT2D eigenvalue weighted by Gasteiger charge is -2.44. The number of aryl methyl sites for hydroxylation is 1. The summed E-state index contributed by atoms with van der Waals surface area (Å²) in [6.45, 7) is 7.54. The second kappa shape index (κ2) is 9.97. The molecule has 2 N–H and O–H groups in total. The number of benzene rings is 2. The van der Waals surface area contributed by atoms with Crippen LogP contribution in [0.15, 0.2) is 71.2 Å². The Morgan fingerprint density at radius 2 is 1.86 bits per heavy atom. The predicted molar refractivity (Wildman–Crippen MR) is 135 cm³/mol. The van der Waals surface area contributed by atoms with E-state index in [-0.39, 0.29) is 11.2 Å². The topological polar surface area (TPSA) is 88.6 Å². The number of nitrogens with zero attached hydrogens (tertiary/aromatic N) is 2. The molecule has 0 amide bonds. The van der Waals surface area contributed by atoms with Crippen LogP contribution in [0.4, 0.5) is 0 Å². The van der Waals surface area contributed by atoms with Gasteiger partial charge in [0.2, 0.25) is 0 Å². The van der Waals surface area contributed by atoms with Gasteiger partial charge in [-0.3, -0.25) is 4.79 Å². The van der Waals surface area contributed by atoms with Crippen molar-refractivity contribution in [2.75, 3.05) is 20.3 Å². The van der Waals surface area contributed by atoms with E-state index in [0.717, 1.165) is 16.8 Å². The third-order valence-electron chi connectivity index (χ3n) is 6.75. The van der Waals surface area contributed by atoms with E-state index in [2.05, 4.69) is 32.0 Å². The number of rotatable bonds is 7. The van der Waals surface area contributed by atoms with Crippen molar-refractivity contribution in [2.45, 2.75) is 46.1 Å². The van der Waals surface area contributed by atoms with Crippen LogP contribution >= 0.6 is 0 Å². The number of Topliss-reactive ketones (excluding diaryl/α,β-unsaturated/α-hetero) is 1. The van der Waals surface area contributed by atoms with Gasteiger partial charge in [-0.1, -0.05) is 61.9 Å². The molecular weight excluding hydrogens is 438 g/mol. The summed E-state index contributed by atoms with van der Waals surface area (Å²) >= 11 is 0. The minimum atomic E-state index is -0.563. The van der Waals surface area contributed by atoms with Gasteiger partial charge in [0.25, 0.3) is 0 Å². The molecule has 1 heterocycles. The SMILES string of the molecule is COCCN1C(N)=C(C#N)[C@@H](c2ccccc2OCc2ccc(C)cc2)C2=C1CC(C)(C)CC2=O. The van der Waals surface area contributed by atoms with Gasteiger partial charge in [-0.05, 0) is 30.4 Å². The van der Waals surface area contributed by atoms with E-state index in [1.165, 1.54) is 5.56 Å². The number of carbonyl (C=O) groups is 1. The summed E-state index contributed by atoms with van der Waals surface area (Å²) < 4.78 is 11.6. The van der Waals surface area contributed by atoms with Crippen LogP contribution in [0.2, 0.25) is 0 Å². The van der Waals surface area contributed by atoms with E-state index >= 15 is 0 Å². The highest BCUT2D eigenvalue weighted by Gasteiger charge is 2.44. The third kappa shape index (κ3) is 4.96. The van der Waals surface area contributed by atoms with Crippen molar-refractivity contribution in [1.29, 1.82) is 5.26 Å². The zero-order valence-corrected chi connectivity index (χ0v) is 20.9. The van der Waals surface area contributed by atoms with E-state index in [4.69, 9.17) is 15.2 Å². The molecule has 0 aromatic heterocycles. The summed E-state index contributed by atoms with van der Waals surface area (Å²) in [5, 5.41) is 10.2. The molecule has 4 rings (SSSR count). The zero-order valence-electron chi connectivity index (χ0n) is 20.9. The number of ether oxygens (including phenoxy) is 2. The fourth-order valence-corrected chi connectivity index (χ4v) is 5.02. The highest BCUT2D eigenvalue weighted by atomic mass is 16.5. The number of ketones is 1. The average molecular weight is 472 g/mol. The minimum Gasteiger partial charge on any atom is -0.489 e. The predicted octanol–water partition coefficient (Wildman–Crippen LogP) is 4.96. The Bertz CT molecular complexity index is 1220. The zero-order chi connectivity index (χ0) is 25.2. The van der Waals surface area contributed by atoms with Crippen molar-refractivity contribution in [1.82, 2.24) is 4.90 Å². The highest BCUT2D eigenvalue weighted by Crippen LogP contribution is 2.50. The van der Waals surface area contributed by atoms with Crippen molar-refractivity contribution >= 4 is 5.78 Å². The Hall–Kier alpha value is -3.56. The Balaban J connectivity index is 1.80. The summed E-state index contributed by atoms with van der Waals surface area (Å²) in [6, 6.07) is 18.1. The van der Waals surface area contributed by atoms with E-state index in [1.807, 2.05) is 48.2 Å². The maximum atomic E-state index is 13.6. The molecule has 0 unspecified atom stereocenters. The number of para-hydroxylation sites is 1. The molecule has 1 atom stereocenters. The van der Waals surface area contributed by atoms with Gasteiger partial charge >= 0.3 is 0 Å². The number of hydrogen-bond donors (Lipinski definition) is 1.